The van der Waals surface area contributed by atoms with Crippen molar-refractivity contribution in [3.8, 4) is 0 Å². The van der Waals surface area contributed by atoms with Crippen LogP contribution in [0.3, 0.4) is 0 Å². The van der Waals surface area contributed by atoms with Crippen molar-refractivity contribution in [3.05, 3.63) is 60.2 Å². The van der Waals surface area contributed by atoms with Gasteiger partial charge in [-0.25, -0.2) is 0 Å². The zero-order valence-electron chi connectivity index (χ0n) is 17.4. The van der Waals surface area contributed by atoms with Crippen molar-refractivity contribution in [2.45, 2.75) is 70.8 Å². The van der Waals surface area contributed by atoms with E-state index in [1.54, 1.807) is 0 Å². The van der Waals surface area contributed by atoms with E-state index in [1.807, 2.05) is 31.2 Å². The van der Waals surface area contributed by atoms with Crippen LogP contribution in [0, 0.1) is 11.8 Å². The normalized spacial score (nSPS) is 20.8. The number of unbranched alkanes of at least 4 members (excludes halogenated alkanes) is 1. The first-order valence-electron chi connectivity index (χ1n) is 11.0. The van der Waals surface area contributed by atoms with Crippen molar-refractivity contribution in [3.63, 3.8) is 0 Å². The number of aliphatic hydroxyl groups is 1. The van der Waals surface area contributed by atoms with E-state index >= 15 is 0 Å². The average molecular weight is 384 g/mol. The van der Waals surface area contributed by atoms with Crippen LogP contribution in [0.15, 0.2) is 54.6 Å². The topological polar surface area (TPSA) is 49.3 Å². The summed E-state index contributed by atoms with van der Waals surface area (Å²) >= 11 is 0. The van der Waals surface area contributed by atoms with E-state index in [-0.39, 0.29) is 12.0 Å². The Bertz CT molecular complexity index is 608. The van der Waals surface area contributed by atoms with Crippen LogP contribution in [0.2, 0.25) is 0 Å². The fourth-order valence-corrected chi connectivity index (χ4v) is 3.99. The second-order valence-corrected chi connectivity index (χ2v) is 7.88. The number of hydrogen-bond donors (Lipinski definition) is 2. The summed E-state index contributed by atoms with van der Waals surface area (Å²) < 4.78 is 0. The third-order valence-electron chi connectivity index (χ3n) is 5.62. The maximum absolute atomic E-state index is 11.4. The third-order valence-corrected chi connectivity index (χ3v) is 5.62. The lowest BCUT2D eigenvalue weighted by Gasteiger charge is -2.15. The van der Waals surface area contributed by atoms with Crippen molar-refractivity contribution in [1.29, 1.82) is 0 Å². The number of carbonyl (C=O) groups excluding carboxylic acids is 1. The molecule has 3 nitrogen and oxygen atoms in total. The van der Waals surface area contributed by atoms with Crippen molar-refractivity contribution >= 4 is 5.91 Å². The first kappa shape index (κ1) is 22.4. The summed E-state index contributed by atoms with van der Waals surface area (Å²) in [5.41, 5.74) is 1.28. The van der Waals surface area contributed by atoms with Gasteiger partial charge in [-0.2, -0.15) is 0 Å². The van der Waals surface area contributed by atoms with Crippen LogP contribution < -0.4 is 5.32 Å². The molecule has 0 aliphatic heterocycles. The van der Waals surface area contributed by atoms with Crippen LogP contribution in [0.5, 0.6) is 0 Å². The van der Waals surface area contributed by atoms with Crippen molar-refractivity contribution < 1.29 is 9.90 Å². The first-order valence-corrected chi connectivity index (χ1v) is 11.0. The number of amides is 1. The Morgan fingerprint density at radius 1 is 1.25 bits per heavy atom. The molecule has 1 aliphatic carbocycles. The van der Waals surface area contributed by atoms with E-state index < -0.39 is 0 Å². The van der Waals surface area contributed by atoms with Gasteiger partial charge in [0.2, 0.25) is 5.91 Å². The standard InChI is InChI=1S/C25H37NO2/c1-2-26-25(28)16-9-4-3-8-13-22-14-10-15-23(22)18-20-24(27)19-17-21-11-6-5-7-12-21/h3,5-8,11-12,18,20,22-24,27H,2,4,9-10,13-17,19H2,1H3,(H,26,28)/b8-3-,20-18+/t22-,23?,24?/m0/s1. The SMILES string of the molecule is CCNC(=O)CCC/C=C\C[C@H]1CCCC1/C=C/C(O)CCc1ccccc1. The van der Waals surface area contributed by atoms with Gasteiger partial charge in [0.15, 0.2) is 0 Å². The molecule has 0 aromatic heterocycles. The summed E-state index contributed by atoms with van der Waals surface area (Å²) in [6.07, 6.45) is 17.6. The number of allylic oxidation sites excluding steroid dienone is 3. The molecule has 0 radical (unpaired) electrons. The van der Waals surface area contributed by atoms with Crippen molar-refractivity contribution in [2.75, 3.05) is 6.54 Å². The molecule has 0 saturated heterocycles. The Kier molecular flexibility index (Phi) is 10.7. The molecule has 28 heavy (non-hydrogen) atoms. The monoisotopic (exact) mass is 383 g/mol. The van der Waals surface area contributed by atoms with Gasteiger partial charge in [-0.3, -0.25) is 4.79 Å². The Morgan fingerprint density at radius 2 is 2.07 bits per heavy atom. The molecular formula is C25H37NO2. The van der Waals surface area contributed by atoms with Gasteiger partial charge >= 0.3 is 0 Å². The summed E-state index contributed by atoms with van der Waals surface area (Å²) in [5, 5.41) is 13.1. The number of carbonyl (C=O) groups is 1. The second-order valence-electron chi connectivity index (χ2n) is 7.88. The van der Waals surface area contributed by atoms with Gasteiger partial charge < -0.3 is 10.4 Å². The Balaban J connectivity index is 1.65. The van der Waals surface area contributed by atoms with Gasteiger partial charge in [0.1, 0.15) is 0 Å². The van der Waals surface area contributed by atoms with Gasteiger partial charge in [0, 0.05) is 13.0 Å². The van der Waals surface area contributed by atoms with Crippen molar-refractivity contribution in [2.24, 2.45) is 11.8 Å². The van der Waals surface area contributed by atoms with Crippen LogP contribution in [0.25, 0.3) is 0 Å². The van der Waals surface area contributed by atoms with E-state index in [2.05, 4.69) is 35.7 Å². The quantitative estimate of drug-likeness (QED) is 0.385. The predicted molar refractivity (Wildman–Crippen MR) is 117 cm³/mol. The molecule has 0 bridgehead atoms. The summed E-state index contributed by atoms with van der Waals surface area (Å²) in [6, 6.07) is 10.4. The maximum Gasteiger partial charge on any atom is 0.219 e. The highest BCUT2D eigenvalue weighted by Crippen LogP contribution is 2.35. The van der Waals surface area contributed by atoms with Crippen molar-refractivity contribution in [1.82, 2.24) is 5.32 Å². The summed E-state index contributed by atoms with van der Waals surface area (Å²) in [4.78, 5) is 11.4. The molecule has 3 heteroatoms. The number of hydrogen-bond acceptors (Lipinski definition) is 2. The van der Waals surface area contributed by atoms with E-state index in [4.69, 9.17) is 0 Å². The maximum atomic E-state index is 11.4. The number of aliphatic hydroxyl groups excluding tert-OH is 1. The molecule has 2 unspecified atom stereocenters. The lowest BCUT2D eigenvalue weighted by molar-refractivity contribution is -0.121. The zero-order chi connectivity index (χ0) is 20.0. The van der Waals surface area contributed by atoms with Crippen LogP contribution in [-0.4, -0.2) is 23.7 Å². The van der Waals surface area contributed by atoms with Crippen LogP contribution in [-0.2, 0) is 11.2 Å². The second kappa shape index (κ2) is 13.3. The number of aryl methyl sites for hydroxylation is 1. The lowest BCUT2D eigenvalue weighted by atomic mass is 9.91. The highest BCUT2D eigenvalue weighted by atomic mass is 16.3. The van der Waals surface area contributed by atoms with Crippen LogP contribution in [0.4, 0.5) is 0 Å². The molecule has 0 spiro atoms. The molecule has 1 amide bonds. The third kappa shape index (κ3) is 8.88. The highest BCUT2D eigenvalue weighted by Gasteiger charge is 2.24. The van der Waals surface area contributed by atoms with E-state index in [0.717, 1.165) is 32.1 Å². The highest BCUT2D eigenvalue weighted by molar-refractivity contribution is 5.75. The fraction of sp³-hybridized carbons (Fsp3) is 0.560. The van der Waals surface area contributed by atoms with Crippen LogP contribution in [0.1, 0.15) is 63.9 Å². The lowest BCUT2D eigenvalue weighted by Crippen LogP contribution is -2.21. The van der Waals surface area contributed by atoms with Gasteiger partial charge in [-0.15, -0.1) is 0 Å². The van der Waals surface area contributed by atoms with E-state index in [1.165, 1.54) is 24.8 Å². The van der Waals surface area contributed by atoms with Crippen LogP contribution >= 0.6 is 0 Å². The van der Waals surface area contributed by atoms with E-state index in [9.17, 15) is 9.90 Å². The molecular weight excluding hydrogens is 346 g/mol. The number of rotatable bonds is 12. The van der Waals surface area contributed by atoms with Gasteiger partial charge in [0.05, 0.1) is 6.10 Å². The summed E-state index contributed by atoms with van der Waals surface area (Å²) in [5.74, 6) is 1.44. The molecule has 0 heterocycles. The minimum Gasteiger partial charge on any atom is -0.389 e. The molecule has 1 aromatic rings. The van der Waals surface area contributed by atoms with Gasteiger partial charge in [0.25, 0.3) is 0 Å². The number of benzene rings is 1. The molecule has 1 aromatic carbocycles. The Labute approximate surface area is 170 Å². The zero-order valence-corrected chi connectivity index (χ0v) is 17.4. The fourth-order valence-electron chi connectivity index (χ4n) is 3.99. The Hall–Kier alpha value is -1.87. The molecule has 154 valence electrons. The number of nitrogens with one attached hydrogen (secondary N) is 1. The first-order chi connectivity index (χ1) is 13.7. The molecule has 2 rings (SSSR count). The molecule has 1 saturated carbocycles. The molecule has 1 aliphatic rings. The average Bonchev–Trinajstić information content (AvgIpc) is 3.16. The summed E-state index contributed by atoms with van der Waals surface area (Å²) in [7, 11) is 0. The minimum atomic E-state index is -0.355. The predicted octanol–water partition coefficient (Wildman–Crippen LogP) is 5.21. The van der Waals surface area contributed by atoms with E-state index in [0.29, 0.717) is 24.8 Å². The summed E-state index contributed by atoms with van der Waals surface area (Å²) in [6.45, 7) is 2.67. The largest absolute Gasteiger partial charge is 0.389 e. The Morgan fingerprint density at radius 3 is 2.86 bits per heavy atom. The van der Waals surface area contributed by atoms with Gasteiger partial charge in [-0.05, 0) is 69.3 Å². The molecule has 1 fully saturated rings. The molecule has 2 N–H and O–H groups in total. The molecule has 3 atom stereocenters. The van der Waals surface area contributed by atoms with Gasteiger partial charge in [-0.1, -0.05) is 61.1 Å². The smallest absolute Gasteiger partial charge is 0.219 e. The minimum absolute atomic E-state index is 0.155.